The van der Waals surface area contributed by atoms with Gasteiger partial charge in [0.2, 0.25) is 0 Å². The standard InChI is InChI=1S/C32H41NO4/c1-20(2)33-15-11-22(12-16-33)25-18-23(19-26-29(25)32(5,6)14-13-31(26,3)4)27(34)10-8-21-7-9-24(30(36)37)28(35)17-21/h7-11,17-20,27,34-35H,12-16H2,1-6H3,(H,36,37)/b10-8-. The third kappa shape index (κ3) is 5.53. The van der Waals surface area contributed by atoms with Crippen LogP contribution in [0.3, 0.4) is 0 Å². The maximum absolute atomic E-state index is 11.3. The zero-order valence-electron chi connectivity index (χ0n) is 23.0. The van der Waals surface area contributed by atoms with Gasteiger partial charge in [0.15, 0.2) is 0 Å². The normalized spacial score (nSPS) is 20.1. The molecule has 198 valence electrons. The van der Waals surface area contributed by atoms with Crippen LogP contribution in [0.4, 0.5) is 0 Å². The van der Waals surface area contributed by atoms with E-state index in [9.17, 15) is 15.0 Å². The van der Waals surface area contributed by atoms with E-state index in [0.717, 1.165) is 37.9 Å². The number of fused-ring (bicyclic) bond motifs is 1. The molecule has 3 N–H and O–H groups in total. The summed E-state index contributed by atoms with van der Waals surface area (Å²) in [6.07, 6.45) is 8.19. The fraction of sp³-hybridized carbons (Fsp3) is 0.469. The maximum atomic E-state index is 11.3. The number of hydrogen-bond donors (Lipinski definition) is 3. The van der Waals surface area contributed by atoms with Gasteiger partial charge < -0.3 is 15.3 Å². The highest BCUT2D eigenvalue weighted by atomic mass is 16.4. The molecule has 0 saturated carbocycles. The second kappa shape index (κ2) is 10.1. The van der Waals surface area contributed by atoms with Crippen molar-refractivity contribution in [2.24, 2.45) is 0 Å². The van der Waals surface area contributed by atoms with Crippen molar-refractivity contribution in [3.8, 4) is 5.75 Å². The Morgan fingerprint density at radius 1 is 1.05 bits per heavy atom. The minimum atomic E-state index is -1.17. The lowest BCUT2D eigenvalue weighted by molar-refractivity contribution is 0.0693. The van der Waals surface area contributed by atoms with Gasteiger partial charge in [-0.05, 0) is 95.5 Å². The van der Waals surface area contributed by atoms with Crippen molar-refractivity contribution < 1.29 is 20.1 Å². The van der Waals surface area contributed by atoms with Crippen LogP contribution < -0.4 is 0 Å². The molecule has 5 heteroatoms. The molecule has 0 saturated heterocycles. The Kier molecular flexibility index (Phi) is 7.42. The van der Waals surface area contributed by atoms with Gasteiger partial charge in [-0.25, -0.2) is 4.79 Å². The van der Waals surface area contributed by atoms with Crippen molar-refractivity contribution in [3.63, 3.8) is 0 Å². The Hall–Kier alpha value is -2.89. The highest BCUT2D eigenvalue weighted by Gasteiger charge is 2.40. The van der Waals surface area contributed by atoms with Gasteiger partial charge in [0.25, 0.3) is 0 Å². The number of aliphatic hydroxyl groups is 1. The van der Waals surface area contributed by atoms with Crippen LogP contribution in [0.5, 0.6) is 5.75 Å². The first-order valence-corrected chi connectivity index (χ1v) is 13.3. The number of carboxylic acid groups (broad SMARTS) is 1. The van der Waals surface area contributed by atoms with Gasteiger partial charge in [-0.15, -0.1) is 0 Å². The second-order valence-corrected chi connectivity index (χ2v) is 12.2. The van der Waals surface area contributed by atoms with Crippen LogP contribution in [0.1, 0.15) is 105 Å². The monoisotopic (exact) mass is 503 g/mol. The molecule has 5 nitrogen and oxygen atoms in total. The zero-order valence-corrected chi connectivity index (χ0v) is 23.0. The number of hydrogen-bond acceptors (Lipinski definition) is 4. The molecule has 1 aliphatic carbocycles. The molecule has 1 heterocycles. The quantitative estimate of drug-likeness (QED) is 0.409. The number of nitrogens with zero attached hydrogens (tertiary/aromatic N) is 1. The SMILES string of the molecule is CC(C)N1CC=C(c2cc(C(O)/C=C\c3ccc(C(=O)O)c(O)c3)cc3c2C(C)(C)CCC3(C)C)CC1. The molecular formula is C32H41NO4. The first-order chi connectivity index (χ1) is 17.3. The van der Waals surface area contributed by atoms with Crippen molar-refractivity contribution in [3.05, 3.63) is 75.9 Å². The number of phenols is 1. The van der Waals surface area contributed by atoms with Crippen LogP contribution in [0, 0.1) is 0 Å². The maximum Gasteiger partial charge on any atom is 0.339 e. The van der Waals surface area contributed by atoms with E-state index in [-0.39, 0.29) is 22.1 Å². The highest BCUT2D eigenvalue weighted by molar-refractivity contribution is 5.91. The molecule has 0 radical (unpaired) electrons. The van der Waals surface area contributed by atoms with Crippen LogP contribution in [-0.2, 0) is 10.8 Å². The summed E-state index contributed by atoms with van der Waals surface area (Å²) < 4.78 is 0. The van der Waals surface area contributed by atoms with E-state index in [4.69, 9.17) is 5.11 Å². The van der Waals surface area contributed by atoms with Crippen molar-refractivity contribution in [1.82, 2.24) is 4.90 Å². The minimum Gasteiger partial charge on any atom is -0.507 e. The van der Waals surface area contributed by atoms with Gasteiger partial charge in [0, 0.05) is 19.1 Å². The Morgan fingerprint density at radius 2 is 1.76 bits per heavy atom. The predicted octanol–water partition coefficient (Wildman–Crippen LogP) is 6.68. The molecule has 1 aliphatic heterocycles. The third-order valence-corrected chi connectivity index (χ3v) is 8.32. The lowest BCUT2D eigenvalue weighted by Gasteiger charge is -2.44. The highest BCUT2D eigenvalue weighted by Crippen LogP contribution is 2.50. The van der Waals surface area contributed by atoms with Crippen molar-refractivity contribution >= 4 is 17.6 Å². The van der Waals surface area contributed by atoms with Gasteiger partial charge in [0.1, 0.15) is 11.3 Å². The summed E-state index contributed by atoms with van der Waals surface area (Å²) in [5.41, 5.74) is 6.78. The molecule has 1 atom stereocenters. The van der Waals surface area contributed by atoms with E-state index in [1.54, 1.807) is 18.2 Å². The summed E-state index contributed by atoms with van der Waals surface area (Å²) in [4.78, 5) is 13.7. The van der Waals surface area contributed by atoms with E-state index < -0.39 is 12.1 Å². The average molecular weight is 504 g/mol. The van der Waals surface area contributed by atoms with Crippen LogP contribution in [-0.4, -0.2) is 45.3 Å². The van der Waals surface area contributed by atoms with Gasteiger partial charge in [-0.3, -0.25) is 4.90 Å². The molecule has 1 unspecified atom stereocenters. The fourth-order valence-electron chi connectivity index (χ4n) is 5.78. The number of benzene rings is 2. The molecule has 0 spiro atoms. The summed E-state index contributed by atoms with van der Waals surface area (Å²) in [5.74, 6) is -1.46. The van der Waals surface area contributed by atoms with Crippen molar-refractivity contribution in [2.45, 2.75) is 83.8 Å². The smallest absolute Gasteiger partial charge is 0.339 e. The van der Waals surface area contributed by atoms with Gasteiger partial charge in [-0.2, -0.15) is 0 Å². The summed E-state index contributed by atoms with van der Waals surface area (Å²) in [7, 11) is 0. The Labute approximate surface area is 221 Å². The van der Waals surface area contributed by atoms with Gasteiger partial charge >= 0.3 is 5.97 Å². The lowest BCUT2D eigenvalue weighted by atomic mass is 9.61. The number of carboxylic acids is 1. The van der Waals surface area contributed by atoms with E-state index >= 15 is 0 Å². The van der Waals surface area contributed by atoms with Crippen LogP contribution >= 0.6 is 0 Å². The van der Waals surface area contributed by atoms with Crippen LogP contribution in [0.25, 0.3) is 11.6 Å². The Bertz CT molecular complexity index is 1250. The van der Waals surface area contributed by atoms with Gasteiger partial charge in [0.05, 0.1) is 6.10 Å². The molecule has 0 amide bonds. The first-order valence-electron chi connectivity index (χ1n) is 13.3. The Morgan fingerprint density at radius 3 is 2.35 bits per heavy atom. The molecule has 37 heavy (non-hydrogen) atoms. The molecule has 0 bridgehead atoms. The largest absolute Gasteiger partial charge is 0.507 e. The fourth-order valence-corrected chi connectivity index (χ4v) is 5.78. The Balaban J connectivity index is 1.76. The number of carbonyl (C=O) groups is 1. The molecule has 2 aliphatic rings. The van der Waals surface area contributed by atoms with E-state index in [0.29, 0.717) is 11.6 Å². The predicted molar refractivity (Wildman–Crippen MR) is 150 cm³/mol. The second-order valence-electron chi connectivity index (χ2n) is 12.2. The van der Waals surface area contributed by atoms with Crippen LogP contribution in [0.2, 0.25) is 0 Å². The lowest BCUT2D eigenvalue weighted by Crippen LogP contribution is -2.37. The molecule has 2 aromatic carbocycles. The van der Waals surface area contributed by atoms with Crippen LogP contribution in [0.15, 0.2) is 42.5 Å². The molecule has 4 rings (SSSR count). The van der Waals surface area contributed by atoms with E-state index in [1.165, 1.54) is 34.4 Å². The first kappa shape index (κ1) is 27.2. The molecular weight excluding hydrogens is 462 g/mol. The van der Waals surface area contributed by atoms with Gasteiger partial charge in [-0.1, -0.05) is 58.1 Å². The zero-order chi connectivity index (χ0) is 27.1. The molecule has 0 fully saturated rings. The number of rotatable bonds is 6. The summed E-state index contributed by atoms with van der Waals surface area (Å²) >= 11 is 0. The minimum absolute atomic E-state index is 0.0106. The topological polar surface area (TPSA) is 81.0 Å². The average Bonchev–Trinajstić information content (AvgIpc) is 2.84. The summed E-state index contributed by atoms with van der Waals surface area (Å²) in [6, 6.07) is 9.29. The van der Waals surface area contributed by atoms with E-state index in [2.05, 4.69) is 64.7 Å². The number of aromatic hydroxyl groups is 1. The summed E-state index contributed by atoms with van der Waals surface area (Å²) in [5, 5.41) is 30.4. The molecule has 0 aromatic heterocycles. The summed E-state index contributed by atoms with van der Waals surface area (Å²) in [6.45, 7) is 15.8. The van der Waals surface area contributed by atoms with Crippen molar-refractivity contribution in [1.29, 1.82) is 0 Å². The molecule has 2 aromatic rings. The number of aromatic carboxylic acids is 1. The number of aliphatic hydroxyl groups excluding tert-OH is 1. The van der Waals surface area contributed by atoms with E-state index in [1.807, 2.05) is 0 Å². The van der Waals surface area contributed by atoms with Crippen molar-refractivity contribution in [2.75, 3.05) is 13.1 Å². The third-order valence-electron chi connectivity index (χ3n) is 8.32.